The summed E-state index contributed by atoms with van der Waals surface area (Å²) >= 11 is 1.60. The standard InChI is InChI=1S/C20H24N4O3S/c1-14(27-17-8-5-4-7-16(17)25-3)11-22-20(21-2)23-12-15-13-26-19(24-15)18-9-6-10-28-18/h4-10,13-14H,11-12H2,1-3H3,(H2,21,22,23). The van der Waals surface area contributed by atoms with Crippen molar-refractivity contribution in [3.63, 3.8) is 0 Å². The quantitative estimate of drug-likeness (QED) is 0.445. The third-order valence-corrected chi connectivity index (χ3v) is 4.76. The Labute approximate surface area is 168 Å². The van der Waals surface area contributed by atoms with Gasteiger partial charge in [-0.05, 0) is 30.5 Å². The highest BCUT2D eigenvalue weighted by molar-refractivity contribution is 7.13. The van der Waals surface area contributed by atoms with Crippen molar-refractivity contribution in [2.75, 3.05) is 20.7 Å². The van der Waals surface area contributed by atoms with Gasteiger partial charge in [0.25, 0.3) is 0 Å². The molecule has 3 aromatic rings. The number of benzene rings is 1. The molecule has 2 N–H and O–H groups in total. The first-order chi connectivity index (χ1) is 13.7. The maximum Gasteiger partial charge on any atom is 0.236 e. The molecule has 1 atom stereocenters. The Bertz CT molecular complexity index is 893. The molecule has 0 spiro atoms. The first kappa shape index (κ1) is 19.8. The van der Waals surface area contributed by atoms with Gasteiger partial charge < -0.3 is 24.5 Å². The second-order valence-electron chi connectivity index (χ2n) is 6.01. The minimum absolute atomic E-state index is 0.0765. The predicted octanol–water partition coefficient (Wildman–Crippen LogP) is 3.54. The summed E-state index contributed by atoms with van der Waals surface area (Å²) in [5.74, 6) is 2.72. The number of nitrogens with zero attached hydrogens (tertiary/aromatic N) is 2. The summed E-state index contributed by atoms with van der Waals surface area (Å²) in [6.07, 6.45) is 1.58. The first-order valence-corrected chi connectivity index (χ1v) is 9.80. The lowest BCUT2D eigenvalue weighted by atomic mass is 10.3. The fourth-order valence-corrected chi connectivity index (χ4v) is 3.17. The van der Waals surface area contributed by atoms with Gasteiger partial charge in [0, 0.05) is 7.05 Å². The number of hydrogen-bond acceptors (Lipinski definition) is 6. The van der Waals surface area contributed by atoms with E-state index in [9.17, 15) is 0 Å². The zero-order valence-corrected chi connectivity index (χ0v) is 17.0. The Hall–Kier alpha value is -3.00. The average Bonchev–Trinajstić information content (AvgIpc) is 3.40. The van der Waals surface area contributed by atoms with Crippen LogP contribution >= 0.6 is 11.3 Å². The first-order valence-electron chi connectivity index (χ1n) is 8.92. The Morgan fingerprint density at radius 3 is 2.75 bits per heavy atom. The molecule has 2 heterocycles. The molecule has 0 bridgehead atoms. The van der Waals surface area contributed by atoms with Gasteiger partial charge in [0.2, 0.25) is 5.89 Å². The summed E-state index contributed by atoms with van der Waals surface area (Å²) in [6.45, 7) is 3.07. The van der Waals surface area contributed by atoms with Gasteiger partial charge in [-0.1, -0.05) is 18.2 Å². The highest BCUT2D eigenvalue weighted by atomic mass is 32.1. The van der Waals surface area contributed by atoms with E-state index in [2.05, 4.69) is 20.6 Å². The highest BCUT2D eigenvalue weighted by Crippen LogP contribution is 2.26. The van der Waals surface area contributed by atoms with Crippen LogP contribution in [-0.2, 0) is 6.54 Å². The number of ether oxygens (including phenoxy) is 2. The van der Waals surface area contributed by atoms with Crippen molar-refractivity contribution in [2.24, 2.45) is 4.99 Å². The van der Waals surface area contributed by atoms with Gasteiger partial charge in [-0.3, -0.25) is 4.99 Å². The summed E-state index contributed by atoms with van der Waals surface area (Å²) < 4.78 is 16.8. The maximum absolute atomic E-state index is 5.94. The van der Waals surface area contributed by atoms with Gasteiger partial charge in [-0.25, -0.2) is 4.98 Å². The topological polar surface area (TPSA) is 80.9 Å². The second kappa shape index (κ2) is 9.80. The normalized spacial score (nSPS) is 12.5. The summed E-state index contributed by atoms with van der Waals surface area (Å²) in [4.78, 5) is 9.73. The van der Waals surface area contributed by atoms with Crippen LogP contribution in [0.2, 0.25) is 0 Å². The van der Waals surface area contributed by atoms with Crippen LogP contribution in [0.4, 0.5) is 0 Å². The summed E-state index contributed by atoms with van der Waals surface area (Å²) in [6, 6.07) is 11.5. The van der Waals surface area contributed by atoms with Crippen molar-refractivity contribution in [3.05, 3.63) is 53.7 Å². The molecule has 148 valence electrons. The van der Waals surface area contributed by atoms with Crippen molar-refractivity contribution in [1.82, 2.24) is 15.6 Å². The van der Waals surface area contributed by atoms with E-state index in [0.717, 1.165) is 10.6 Å². The number of nitrogens with one attached hydrogen (secondary N) is 2. The Kier molecular flexibility index (Phi) is 6.91. The predicted molar refractivity (Wildman–Crippen MR) is 111 cm³/mol. The zero-order chi connectivity index (χ0) is 19.8. The van der Waals surface area contributed by atoms with Crippen molar-refractivity contribution in [3.8, 4) is 22.3 Å². The number of hydrogen-bond donors (Lipinski definition) is 2. The van der Waals surface area contributed by atoms with E-state index in [4.69, 9.17) is 13.9 Å². The van der Waals surface area contributed by atoms with E-state index in [-0.39, 0.29) is 6.10 Å². The minimum atomic E-state index is -0.0765. The number of methoxy groups -OCH3 is 1. The van der Waals surface area contributed by atoms with Crippen LogP contribution in [0.5, 0.6) is 11.5 Å². The van der Waals surface area contributed by atoms with Crippen LogP contribution in [0.25, 0.3) is 10.8 Å². The Morgan fingerprint density at radius 1 is 1.21 bits per heavy atom. The SMILES string of the molecule is CN=C(NCc1coc(-c2cccs2)n1)NCC(C)Oc1ccccc1OC. The molecule has 0 aliphatic rings. The Balaban J connectivity index is 1.47. The molecule has 8 heteroatoms. The molecular formula is C20H24N4O3S. The molecule has 1 unspecified atom stereocenters. The summed E-state index contributed by atoms with van der Waals surface area (Å²) in [7, 11) is 3.35. The maximum atomic E-state index is 5.94. The highest BCUT2D eigenvalue weighted by Gasteiger charge is 2.11. The molecule has 0 aliphatic carbocycles. The lowest BCUT2D eigenvalue weighted by Crippen LogP contribution is -2.41. The van der Waals surface area contributed by atoms with Gasteiger partial charge in [0.05, 0.1) is 30.8 Å². The third-order valence-electron chi connectivity index (χ3n) is 3.90. The molecule has 1 aromatic carbocycles. The number of rotatable bonds is 8. The van der Waals surface area contributed by atoms with Crippen LogP contribution in [0, 0.1) is 0 Å². The van der Waals surface area contributed by atoms with Crippen LogP contribution in [-0.4, -0.2) is 37.7 Å². The van der Waals surface area contributed by atoms with Crippen LogP contribution < -0.4 is 20.1 Å². The molecule has 28 heavy (non-hydrogen) atoms. The van der Waals surface area contributed by atoms with Gasteiger partial charge in [-0.15, -0.1) is 11.3 Å². The van der Waals surface area contributed by atoms with Gasteiger partial charge in [0.1, 0.15) is 12.4 Å². The number of oxazole rings is 1. The van der Waals surface area contributed by atoms with Gasteiger partial charge in [-0.2, -0.15) is 0 Å². The second-order valence-corrected chi connectivity index (χ2v) is 6.95. The average molecular weight is 401 g/mol. The summed E-state index contributed by atoms with van der Waals surface area (Å²) in [5.41, 5.74) is 0.810. The minimum Gasteiger partial charge on any atom is -0.493 e. The van der Waals surface area contributed by atoms with Crippen molar-refractivity contribution in [1.29, 1.82) is 0 Å². The summed E-state index contributed by atoms with van der Waals surface area (Å²) in [5, 5.41) is 8.47. The number of aromatic nitrogens is 1. The molecule has 0 fully saturated rings. The molecule has 7 nitrogen and oxygen atoms in total. The number of aliphatic imine (C=N–C) groups is 1. The molecule has 0 radical (unpaired) electrons. The monoisotopic (exact) mass is 400 g/mol. The molecule has 0 aliphatic heterocycles. The van der Waals surface area contributed by atoms with E-state index in [1.807, 2.05) is 48.7 Å². The number of guanidine groups is 1. The number of para-hydroxylation sites is 2. The van der Waals surface area contributed by atoms with Crippen LogP contribution in [0.1, 0.15) is 12.6 Å². The van der Waals surface area contributed by atoms with E-state index in [0.29, 0.717) is 36.4 Å². The molecule has 0 amide bonds. The van der Waals surface area contributed by atoms with Crippen LogP contribution in [0.15, 0.2) is 57.5 Å². The van der Waals surface area contributed by atoms with Crippen LogP contribution in [0.3, 0.4) is 0 Å². The lowest BCUT2D eigenvalue weighted by Gasteiger charge is -2.18. The zero-order valence-electron chi connectivity index (χ0n) is 16.1. The van der Waals surface area contributed by atoms with Gasteiger partial charge >= 0.3 is 0 Å². The molecule has 0 saturated carbocycles. The Morgan fingerprint density at radius 2 is 2.04 bits per heavy atom. The smallest absolute Gasteiger partial charge is 0.236 e. The van der Waals surface area contributed by atoms with E-state index in [1.165, 1.54) is 0 Å². The number of thiophene rings is 1. The van der Waals surface area contributed by atoms with E-state index in [1.54, 1.807) is 31.8 Å². The fraction of sp³-hybridized carbons (Fsp3) is 0.300. The van der Waals surface area contributed by atoms with Crippen molar-refractivity contribution < 1.29 is 13.9 Å². The van der Waals surface area contributed by atoms with Crippen molar-refractivity contribution in [2.45, 2.75) is 19.6 Å². The largest absolute Gasteiger partial charge is 0.493 e. The molecule has 3 rings (SSSR count). The molecular weight excluding hydrogens is 376 g/mol. The van der Waals surface area contributed by atoms with E-state index < -0.39 is 0 Å². The third kappa shape index (κ3) is 5.26. The van der Waals surface area contributed by atoms with Crippen molar-refractivity contribution >= 4 is 17.3 Å². The van der Waals surface area contributed by atoms with Gasteiger partial charge in [0.15, 0.2) is 17.5 Å². The molecule has 2 aromatic heterocycles. The van der Waals surface area contributed by atoms with E-state index >= 15 is 0 Å². The lowest BCUT2D eigenvalue weighted by molar-refractivity contribution is 0.213. The molecule has 0 saturated heterocycles. The fourth-order valence-electron chi connectivity index (χ4n) is 2.51.